The Kier molecular flexibility index (Phi) is 6.03. The highest BCUT2D eigenvalue weighted by Crippen LogP contribution is 2.34. The van der Waals surface area contributed by atoms with Crippen LogP contribution < -0.4 is 21.9 Å². The smallest absolute Gasteiger partial charge is 0.248 e. The molecule has 0 spiro atoms. The van der Waals surface area contributed by atoms with Crippen LogP contribution in [0.15, 0.2) is 66.1 Å². The zero-order chi connectivity index (χ0) is 27.1. The Morgan fingerprint density at radius 2 is 1.92 bits per heavy atom. The molecule has 1 atom stereocenters. The Hall–Kier alpha value is -4.71. The van der Waals surface area contributed by atoms with Gasteiger partial charge >= 0.3 is 0 Å². The van der Waals surface area contributed by atoms with Gasteiger partial charge in [-0.1, -0.05) is 6.07 Å². The van der Waals surface area contributed by atoms with Gasteiger partial charge in [-0.25, -0.2) is 23.7 Å². The normalized spacial score (nSPS) is 17.6. The number of imidazole rings is 1. The molecule has 5 N–H and O–H groups in total. The van der Waals surface area contributed by atoms with Gasteiger partial charge in [-0.15, -0.1) is 0 Å². The molecule has 12 heteroatoms. The Bertz CT molecular complexity index is 1750. The van der Waals surface area contributed by atoms with Crippen molar-refractivity contribution >= 4 is 22.7 Å². The maximum atomic E-state index is 14.0. The topological polar surface area (TPSA) is 145 Å². The van der Waals surface area contributed by atoms with E-state index in [0.29, 0.717) is 47.6 Å². The molecule has 0 radical (unpaired) electrons. The van der Waals surface area contributed by atoms with Gasteiger partial charge in [0.25, 0.3) is 0 Å². The summed E-state index contributed by atoms with van der Waals surface area (Å²) in [5.41, 5.74) is 16.1. The van der Waals surface area contributed by atoms with Crippen LogP contribution in [-0.2, 0) is 12.1 Å². The van der Waals surface area contributed by atoms with E-state index in [-0.39, 0.29) is 11.4 Å². The lowest BCUT2D eigenvalue weighted by atomic mass is 9.86. The van der Waals surface area contributed by atoms with Gasteiger partial charge in [0.1, 0.15) is 11.8 Å². The average Bonchev–Trinajstić information content (AvgIpc) is 3.34. The van der Waals surface area contributed by atoms with Gasteiger partial charge in [0.2, 0.25) is 5.56 Å². The number of benzene rings is 1. The number of aromatic nitrogens is 6. The minimum atomic E-state index is -0.950. The molecule has 0 unspecified atom stereocenters. The molecule has 0 saturated carbocycles. The molecule has 5 aromatic rings. The monoisotopic (exact) mass is 529 g/mol. The number of anilines is 2. The molecule has 1 fully saturated rings. The van der Waals surface area contributed by atoms with Crippen LogP contribution in [0.25, 0.3) is 22.4 Å². The van der Waals surface area contributed by atoms with Crippen LogP contribution in [0.3, 0.4) is 0 Å². The first-order valence-corrected chi connectivity index (χ1v) is 12.4. The van der Waals surface area contributed by atoms with Crippen LogP contribution in [-0.4, -0.2) is 42.6 Å². The molecule has 5 heterocycles. The summed E-state index contributed by atoms with van der Waals surface area (Å²) in [6.07, 6.45) is 6.21. The SMILES string of the molecule is Nc1ncnc2c1ncn2Cc1cc(-c2ccc(F)c(F)c2)ncc1N1CCC[C@](N)(c2cccc(=O)[nH]2)C1. The Morgan fingerprint density at radius 3 is 2.74 bits per heavy atom. The highest BCUT2D eigenvalue weighted by Gasteiger charge is 2.35. The van der Waals surface area contributed by atoms with Crippen LogP contribution in [0, 0.1) is 11.6 Å². The van der Waals surface area contributed by atoms with Gasteiger partial charge in [-0.2, -0.15) is 0 Å². The van der Waals surface area contributed by atoms with Crippen LogP contribution in [0.5, 0.6) is 0 Å². The van der Waals surface area contributed by atoms with Crippen LogP contribution in [0.1, 0.15) is 24.1 Å². The summed E-state index contributed by atoms with van der Waals surface area (Å²) < 4.78 is 29.5. The second-order valence-corrected chi connectivity index (χ2v) is 9.74. The number of nitrogens with two attached hydrogens (primary N) is 2. The van der Waals surface area contributed by atoms with E-state index in [0.717, 1.165) is 36.3 Å². The summed E-state index contributed by atoms with van der Waals surface area (Å²) in [6, 6.07) is 10.5. The molecule has 0 bridgehead atoms. The van der Waals surface area contributed by atoms with Crippen molar-refractivity contribution in [1.82, 2.24) is 29.5 Å². The number of pyridine rings is 2. The van der Waals surface area contributed by atoms with Crippen molar-refractivity contribution in [3.63, 3.8) is 0 Å². The number of rotatable bonds is 5. The number of H-pyrrole nitrogens is 1. The van der Waals surface area contributed by atoms with Crippen molar-refractivity contribution in [3.05, 3.63) is 94.6 Å². The second kappa shape index (κ2) is 9.55. The predicted octanol–water partition coefficient (Wildman–Crippen LogP) is 2.94. The molecule has 1 aromatic carbocycles. The first-order chi connectivity index (χ1) is 18.8. The molecule has 1 aliphatic heterocycles. The molecule has 39 heavy (non-hydrogen) atoms. The van der Waals surface area contributed by atoms with Crippen molar-refractivity contribution in [3.8, 4) is 11.3 Å². The summed E-state index contributed by atoms with van der Waals surface area (Å²) in [7, 11) is 0. The number of nitrogen functional groups attached to an aromatic ring is 1. The number of nitrogens with zero attached hydrogens (tertiary/aromatic N) is 6. The largest absolute Gasteiger partial charge is 0.382 e. The third kappa shape index (κ3) is 4.59. The van der Waals surface area contributed by atoms with Crippen molar-refractivity contribution in [1.29, 1.82) is 0 Å². The maximum absolute atomic E-state index is 14.0. The first-order valence-electron chi connectivity index (χ1n) is 12.4. The van der Waals surface area contributed by atoms with Gasteiger partial charge in [0.05, 0.1) is 36.0 Å². The quantitative estimate of drug-likeness (QED) is 0.315. The lowest BCUT2D eigenvalue weighted by Gasteiger charge is -2.42. The van der Waals surface area contributed by atoms with E-state index in [9.17, 15) is 13.6 Å². The fourth-order valence-electron chi connectivity index (χ4n) is 5.16. The van der Waals surface area contributed by atoms with Gasteiger partial charge in [-0.05, 0) is 48.7 Å². The third-order valence-corrected chi connectivity index (χ3v) is 7.12. The molecule has 0 amide bonds. The maximum Gasteiger partial charge on any atom is 0.248 e. The molecule has 1 saturated heterocycles. The van der Waals surface area contributed by atoms with Crippen molar-refractivity contribution in [2.45, 2.75) is 24.9 Å². The number of hydrogen-bond donors (Lipinski definition) is 3. The number of halogens is 2. The molecule has 10 nitrogen and oxygen atoms in total. The Labute approximate surface area is 221 Å². The van der Waals surface area contributed by atoms with E-state index in [1.54, 1.807) is 18.6 Å². The summed E-state index contributed by atoms with van der Waals surface area (Å²) in [5.74, 6) is -1.60. The lowest BCUT2D eigenvalue weighted by molar-refractivity contribution is 0.344. The molecular weight excluding hydrogens is 504 g/mol. The van der Waals surface area contributed by atoms with Gasteiger partial charge < -0.3 is 25.9 Å². The Morgan fingerprint density at radius 1 is 1.05 bits per heavy atom. The summed E-state index contributed by atoms with van der Waals surface area (Å²) in [4.78, 5) is 34.3. The number of aromatic amines is 1. The van der Waals surface area contributed by atoms with E-state index >= 15 is 0 Å². The van der Waals surface area contributed by atoms with Gasteiger partial charge in [-0.3, -0.25) is 9.78 Å². The lowest BCUT2D eigenvalue weighted by Crippen LogP contribution is -2.53. The molecule has 6 rings (SSSR count). The highest BCUT2D eigenvalue weighted by atomic mass is 19.2. The average molecular weight is 530 g/mol. The molecule has 1 aliphatic rings. The van der Waals surface area contributed by atoms with Crippen LogP contribution in [0.4, 0.5) is 20.3 Å². The molecule has 0 aliphatic carbocycles. The fourth-order valence-corrected chi connectivity index (χ4v) is 5.16. The summed E-state index contributed by atoms with van der Waals surface area (Å²) >= 11 is 0. The van der Waals surface area contributed by atoms with E-state index < -0.39 is 17.2 Å². The Balaban J connectivity index is 1.43. The van der Waals surface area contributed by atoms with E-state index in [2.05, 4.69) is 29.8 Å². The zero-order valence-corrected chi connectivity index (χ0v) is 20.8. The molecule has 4 aromatic heterocycles. The van der Waals surface area contributed by atoms with Crippen LogP contribution >= 0.6 is 0 Å². The van der Waals surface area contributed by atoms with Crippen molar-refractivity contribution < 1.29 is 8.78 Å². The van der Waals surface area contributed by atoms with E-state index in [4.69, 9.17) is 11.5 Å². The second-order valence-electron chi connectivity index (χ2n) is 9.74. The first kappa shape index (κ1) is 24.6. The third-order valence-electron chi connectivity index (χ3n) is 7.12. The standard InChI is InChI=1S/C27H25F2N9O/c28-18-6-5-16(9-19(18)29)20-10-17(12-38-15-35-24-25(30)33-14-34-26(24)38)21(11-32-20)37-8-2-7-27(31,13-37)22-3-1-4-23(39)36-22/h1,3-6,9-11,14-15H,2,7-8,12-13,31H2,(H,36,39)(H2,30,33,34)/t27-/m1/s1. The molecule has 198 valence electrons. The predicted molar refractivity (Wildman–Crippen MR) is 143 cm³/mol. The summed E-state index contributed by atoms with van der Waals surface area (Å²) in [6.45, 7) is 1.50. The number of hydrogen-bond acceptors (Lipinski definition) is 8. The van der Waals surface area contributed by atoms with E-state index in [1.165, 1.54) is 18.5 Å². The highest BCUT2D eigenvalue weighted by molar-refractivity contribution is 5.81. The molecular formula is C27H25F2N9O. The van der Waals surface area contributed by atoms with Gasteiger partial charge in [0, 0.05) is 30.4 Å². The minimum Gasteiger partial charge on any atom is -0.382 e. The van der Waals surface area contributed by atoms with Crippen molar-refractivity contribution in [2.24, 2.45) is 5.73 Å². The number of nitrogens with one attached hydrogen (secondary N) is 1. The fraction of sp³-hybridized carbons (Fsp3) is 0.222. The van der Waals surface area contributed by atoms with E-state index in [1.807, 2.05) is 16.7 Å². The zero-order valence-electron chi connectivity index (χ0n) is 20.8. The van der Waals surface area contributed by atoms with Crippen molar-refractivity contribution in [2.75, 3.05) is 23.7 Å². The van der Waals surface area contributed by atoms with Gasteiger partial charge in [0.15, 0.2) is 23.1 Å². The number of fused-ring (bicyclic) bond motifs is 1. The van der Waals surface area contributed by atoms with Crippen LogP contribution in [0.2, 0.25) is 0 Å². The number of piperidine rings is 1. The summed E-state index contributed by atoms with van der Waals surface area (Å²) in [5, 5.41) is 0. The minimum absolute atomic E-state index is 0.207.